The van der Waals surface area contributed by atoms with Crippen LogP contribution in [0.1, 0.15) is 33.6 Å². The summed E-state index contributed by atoms with van der Waals surface area (Å²) in [7, 11) is 0. The number of aliphatic carboxylic acids is 1. The average Bonchev–Trinajstić information content (AvgIpc) is 2.21. The van der Waals surface area contributed by atoms with Gasteiger partial charge in [0.2, 0.25) is 5.91 Å². The third-order valence-corrected chi connectivity index (χ3v) is 2.53. The van der Waals surface area contributed by atoms with Crippen molar-refractivity contribution in [1.29, 1.82) is 0 Å². The Hall–Kier alpha value is -1.10. The van der Waals surface area contributed by atoms with Gasteiger partial charge in [-0.05, 0) is 12.3 Å². The molecule has 0 aliphatic rings. The van der Waals surface area contributed by atoms with Gasteiger partial charge in [0.1, 0.15) is 0 Å². The van der Waals surface area contributed by atoms with Gasteiger partial charge in [-0.15, -0.1) is 0 Å². The second-order valence-electron chi connectivity index (χ2n) is 4.34. The third kappa shape index (κ3) is 5.11. The van der Waals surface area contributed by atoms with Crippen molar-refractivity contribution < 1.29 is 14.7 Å². The van der Waals surface area contributed by atoms with Crippen LogP contribution in [0, 0.1) is 11.8 Å². The standard InChI is InChI=1S/C11H22N2O3/c1-4-5-8(11(15)16)6-13-10(14)9(12)7(2)3/h7-9H,4-6,12H2,1-3H3,(H,13,14)(H,15,16)/t8?,9-/m0/s1. The molecule has 1 unspecified atom stereocenters. The Morgan fingerprint density at radius 1 is 1.38 bits per heavy atom. The molecule has 2 atom stereocenters. The molecule has 5 heteroatoms. The Kier molecular flexibility index (Phi) is 6.72. The van der Waals surface area contributed by atoms with Gasteiger partial charge in [-0.3, -0.25) is 9.59 Å². The summed E-state index contributed by atoms with van der Waals surface area (Å²) >= 11 is 0. The molecule has 0 saturated carbocycles. The van der Waals surface area contributed by atoms with E-state index in [4.69, 9.17) is 10.8 Å². The Morgan fingerprint density at radius 2 is 1.94 bits per heavy atom. The predicted octanol–water partition coefficient (Wildman–Crippen LogP) is 0.587. The van der Waals surface area contributed by atoms with Crippen LogP contribution in [0.2, 0.25) is 0 Å². The highest BCUT2D eigenvalue weighted by Gasteiger charge is 2.21. The van der Waals surface area contributed by atoms with E-state index in [2.05, 4.69) is 5.32 Å². The molecule has 0 aromatic rings. The topological polar surface area (TPSA) is 92.4 Å². The lowest BCUT2D eigenvalue weighted by atomic mass is 10.0. The maximum atomic E-state index is 11.5. The second-order valence-corrected chi connectivity index (χ2v) is 4.34. The minimum atomic E-state index is -0.875. The first-order valence-corrected chi connectivity index (χ1v) is 5.66. The Bertz CT molecular complexity index is 241. The number of nitrogens with two attached hydrogens (primary N) is 1. The number of carboxylic acid groups (broad SMARTS) is 1. The van der Waals surface area contributed by atoms with Crippen molar-refractivity contribution in [2.45, 2.75) is 39.7 Å². The smallest absolute Gasteiger partial charge is 0.308 e. The summed E-state index contributed by atoms with van der Waals surface area (Å²) in [5.74, 6) is -1.62. The fraction of sp³-hybridized carbons (Fsp3) is 0.818. The third-order valence-electron chi connectivity index (χ3n) is 2.53. The molecular weight excluding hydrogens is 208 g/mol. The van der Waals surface area contributed by atoms with Crippen molar-refractivity contribution in [2.75, 3.05) is 6.54 Å². The monoisotopic (exact) mass is 230 g/mol. The van der Waals surface area contributed by atoms with Gasteiger partial charge in [-0.1, -0.05) is 27.2 Å². The van der Waals surface area contributed by atoms with Gasteiger partial charge in [0.15, 0.2) is 0 Å². The van der Waals surface area contributed by atoms with Crippen molar-refractivity contribution in [3.63, 3.8) is 0 Å². The van der Waals surface area contributed by atoms with Gasteiger partial charge in [-0.25, -0.2) is 0 Å². The van der Waals surface area contributed by atoms with Crippen molar-refractivity contribution in [3.05, 3.63) is 0 Å². The van der Waals surface area contributed by atoms with Crippen LogP contribution < -0.4 is 11.1 Å². The molecule has 0 radical (unpaired) electrons. The van der Waals surface area contributed by atoms with Crippen LogP contribution in [0.25, 0.3) is 0 Å². The fourth-order valence-electron chi connectivity index (χ4n) is 1.31. The molecule has 0 bridgehead atoms. The molecule has 0 aromatic heterocycles. The van der Waals surface area contributed by atoms with Crippen LogP contribution >= 0.6 is 0 Å². The van der Waals surface area contributed by atoms with Crippen LogP contribution in [0.3, 0.4) is 0 Å². The number of amides is 1. The van der Waals surface area contributed by atoms with Gasteiger partial charge in [0.05, 0.1) is 12.0 Å². The maximum Gasteiger partial charge on any atom is 0.308 e. The quantitative estimate of drug-likeness (QED) is 0.596. The van der Waals surface area contributed by atoms with Crippen LogP contribution in [0.5, 0.6) is 0 Å². The Morgan fingerprint density at radius 3 is 2.31 bits per heavy atom. The average molecular weight is 230 g/mol. The van der Waals surface area contributed by atoms with E-state index < -0.39 is 17.9 Å². The lowest BCUT2D eigenvalue weighted by Gasteiger charge is -2.17. The van der Waals surface area contributed by atoms with E-state index in [9.17, 15) is 9.59 Å². The maximum absolute atomic E-state index is 11.5. The predicted molar refractivity (Wildman–Crippen MR) is 61.9 cm³/mol. The minimum Gasteiger partial charge on any atom is -0.481 e. The van der Waals surface area contributed by atoms with E-state index in [-0.39, 0.29) is 18.4 Å². The largest absolute Gasteiger partial charge is 0.481 e. The minimum absolute atomic E-state index is 0.0504. The molecule has 0 aliphatic carbocycles. The number of hydrogen-bond donors (Lipinski definition) is 3. The first kappa shape index (κ1) is 14.9. The highest BCUT2D eigenvalue weighted by molar-refractivity contribution is 5.82. The first-order chi connectivity index (χ1) is 7.40. The molecular formula is C11H22N2O3. The molecule has 0 aliphatic heterocycles. The molecule has 0 saturated heterocycles. The van der Waals surface area contributed by atoms with Gasteiger partial charge in [-0.2, -0.15) is 0 Å². The molecule has 0 heterocycles. The van der Waals surface area contributed by atoms with Gasteiger partial charge >= 0.3 is 5.97 Å². The zero-order valence-electron chi connectivity index (χ0n) is 10.2. The summed E-state index contributed by atoms with van der Waals surface area (Å²) in [6.45, 7) is 5.77. The van der Waals surface area contributed by atoms with Crippen molar-refractivity contribution >= 4 is 11.9 Å². The lowest BCUT2D eigenvalue weighted by Crippen LogP contribution is -2.46. The molecule has 0 fully saturated rings. The van der Waals surface area contributed by atoms with Gasteiger partial charge < -0.3 is 16.2 Å². The summed E-state index contributed by atoms with van der Waals surface area (Å²) < 4.78 is 0. The van der Waals surface area contributed by atoms with Crippen LogP contribution in [-0.2, 0) is 9.59 Å². The summed E-state index contributed by atoms with van der Waals surface area (Å²) in [6, 6.07) is -0.573. The number of nitrogens with one attached hydrogen (secondary N) is 1. The number of carbonyl (C=O) groups is 2. The Balaban J connectivity index is 4.10. The number of rotatable bonds is 7. The van der Waals surface area contributed by atoms with E-state index in [0.717, 1.165) is 6.42 Å². The molecule has 0 rings (SSSR count). The molecule has 16 heavy (non-hydrogen) atoms. The van der Waals surface area contributed by atoms with Crippen LogP contribution in [0.4, 0.5) is 0 Å². The zero-order chi connectivity index (χ0) is 12.7. The molecule has 4 N–H and O–H groups in total. The summed E-state index contributed by atoms with van der Waals surface area (Å²) in [5, 5.41) is 11.5. The van der Waals surface area contributed by atoms with Crippen molar-refractivity contribution in [1.82, 2.24) is 5.32 Å². The summed E-state index contributed by atoms with van der Waals surface area (Å²) in [5.41, 5.74) is 5.64. The summed E-state index contributed by atoms with van der Waals surface area (Å²) in [4.78, 5) is 22.3. The highest BCUT2D eigenvalue weighted by Crippen LogP contribution is 2.05. The molecule has 5 nitrogen and oxygen atoms in total. The summed E-state index contributed by atoms with van der Waals surface area (Å²) in [6.07, 6.45) is 1.34. The van der Waals surface area contributed by atoms with E-state index >= 15 is 0 Å². The molecule has 1 amide bonds. The number of hydrogen-bond acceptors (Lipinski definition) is 3. The zero-order valence-corrected chi connectivity index (χ0v) is 10.2. The molecule has 0 spiro atoms. The van der Waals surface area contributed by atoms with Crippen LogP contribution in [0.15, 0.2) is 0 Å². The SMILES string of the molecule is CCCC(CNC(=O)[C@@H](N)C(C)C)C(=O)O. The van der Waals surface area contributed by atoms with Crippen molar-refractivity contribution in [2.24, 2.45) is 17.6 Å². The van der Waals surface area contributed by atoms with Crippen molar-refractivity contribution in [3.8, 4) is 0 Å². The number of carboxylic acids is 1. The Labute approximate surface area is 96.4 Å². The second kappa shape index (κ2) is 7.22. The van der Waals surface area contributed by atoms with E-state index in [0.29, 0.717) is 6.42 Å². The molecule has 0 aromatic carbocycles. The van der Waals surface area contributed by atoms with E-state index in [1.165, 1.54) is 0 Å². The van der Waals surface area contributed by atoms with Gasteiger partial charge in [0, 0.05) is 6.54 Å². The number of carbonyl (C=O) groups excluding carboxylic acids is 1. The van der Waals surface area contributed by atoms with Gasteiger partial charge in [0.25, 0.3) is 0 Å². The highest BCUT2D eigenvalue weighted by atomic mass is 16.4. The van der Waals surface area contributed by atoms with Crippen LogP contribution in [-0.4, -0.2) is 29.6 Å². The fourth-order valence-corrected chi connectivity index (χ4v) is 1.31. The van der Waals surface area contributed by atoms with E-state index in [1.807, 2.05) is 20.8 Å². The lowest BCUT2D eigenvalue weighted by molar-refractivity contribution is -0.142. The normalized spacial score (nSPS) is 14.6. The first-order valence-electron chi connectivity index (χ1n) is 5.66. The molecule has 94 valence electrons. The van der Waals surface area contributed by atoms with E-state index in [1.54, 1.807) is 0 Å².